The van der Waals surface area contributed by atoms with Crippen molar-refractivity contribution in [3.8, 4) is 22.3 Å². The molecule has 0 saturated heterocycles. The van der Waals surface area contributed by atoms with Crippen molar-refractivity contribution in [1.29, 1.82) is 0 Å². The number of anilines is 3. The van der Waals surface area contributed by atoms with Gasteiger partial charge >= 0.3 is 0 Å². The molecule has 0 fully saturated rings. The predicted octanol–water partition coefficient (Wildman–Crippen LogP) is 12.9. The first kappa shape index (κ1) is 27.9. The number of nitrogens with zero attached hydrogens (tertiary/aromatic N) is 1. The minimum absolute atomic E-state index is 0.925. The van der Waals surface area contributed by atoms with Gasteiger partial charge in [-0.2, -0.15) is 0 Å². The van der Waals surface area contributed by atoms with Crippen molar-refractivity contribution in [2.75, 3.05) is 4.90 Å². The number of hydrogen-bond donors (Lipinski definition) is 0. The Hall–Kier alpha value is -5.60. The van der Waals surface area contributed by atoms with Crippen molar-refractivity contribution in [1.82, 2.24) is 0 Å². The van der Waals surface area contributed by atoms with Crippen LogP contribution in [0.2, 0.25) is 0 Å². The van der Waals surface area contributed by atoms with Gasteiger partial charge in [0.25, 0.3) is 0 Å². The van der Waals surface area contributed by atoms with E-state index in [9.17, 15) is 0 Å². The van der Waals surface area contributed by atoms with E-state index in [1.807, 2.05) is 12.1 Å². The zero-order valence-corrected chi connectivity index (χ0v) is 26.0. The Morgan fingerprint density at radius 2 is 1.11 bits per heavy atom. The van der Waals surface area contributed by atoms with Crippen LogP contribution < -0.4 is 4.90 Å². The average Bonchev–Trinajstić information content (AvgIpc) is 3.51. The third-order valence-corrected chi connectivity index (χ3v) is 9.04. The third kappa shape index (κ3) is 5.22. The second-order valence-electron chi connectivity index (χ2n) is 12.0. The summed E-state index contributed by atoms with van der Waals surface area (Å²) in [7, 11) is 0. The van der Waals surface area contributed by atoms with Crippen LogP contribution in [0.4, 0.5) is 17.1 Å². The van der Waals surface area contributed by atoms with E-state index in [0.717, 1.165) is 40.0 Å². The van der Waals surface area contributed by atoms with Crippen LogP contribution in [0.25, 0.3) is 55.0 Å². The molecular weight excluding hydrogens is 558 g/mol. The summed E-state index contributed by atoms with van der Waals surface area (Å²) in [5.41, 5.74) is 11.5. The summed E-state index contributed by atoms with van der Waals surface area (Å²) in [4.78, 5) is 2.33. The lowest BCUT2D eigenvalue weighted by Crippen LogP contribution is -2.09. The van der Waals surface area contributed by atoms with Gasteiger partial charge in [-0.15, -0.1) is 0 Å². The molecule has 222 valence electrons. The highest BCUT2D eigenvalue weighted by Crippen LogP contribution is 2.39. The van der Waals surface area contributed by atoms with Gasteiger partial charge in [-0.05, 0) is 106 Å². The van der Waals surface area contributed by atoms with Crippen molar-refractivity contribution in [3.63, 3.8) is 0 Å². The number of unbranched alkanes of at least 4 members (excludes halogenated alkanes) is 1. The molecule has 46 heavy (non-hydrogen) atoms. The zero-order valence-electron chi connectivity index (χ0n) is 26.0. The molecule has 0 atom stereocenters. The number of benzene rings is 7. The zero-order chi connectivity index (χ0) is 30.9. The highest BCUT2D eigenvalue weighted by Gasteiger charge is 2.14. The largest absolute Gasteiger partial charge is 0.456 e. The molecule has 0 aliphatic heterocycles. The van der Waals surface area contributed by atoms with Gasteiger partial charge in [-0.25, -0.2) is 0 Å². The summed E-state index contributed by atoms with van der Waals surface area (Å²) in [5.74, 6) is 0. The lowest BCUT2D eigenvalue weighted by atomic mass is 9.98. The lowest BCUT2D eigenvalue weighted by molar-refractivity contribution is 0.669. The van der Waals surface area contributed by atoms with Gasteiger partial charge in [0.1, 0.15) is 11.2 Å². The number of para-hydroxylation sites is 2. The molecule has 0 unspecified atom stereocenters. The summed E-state index contributed by atoms with van der Waals surface area (Å²) in [6.45, 7) is 2.25. The first-order valence-corrected chi connectivity index (χ1v) is 16.2. The number of furan rings is 1. The fraction of sp³-hybridized carbons (Fsp3) is 0.0909. The Bertz CT molecular complexity index is 2280. The fourth-order valence-corrected chi connectivity index (χ4v) is 6.64. The van der Waals surface area contributed by atoms with Gasteiger partial charge in [0.15, 0.2) is 0 Å². The SMILES string of the molecule is CCCCc1cccc(-c2ccc(N(c3ccccc3)c3ccc(-c4ccc5ccc6oc7ccccc7c6c5c4)cc3)cc2)c1. The van der Waals surface area contributed by atoms with E-state index >= 15 is 0 Å². The van der Waals surface area contributed by atoms with Gasteiger partial charge in [0.2, 0.25) is 0 Å². The number of fused-ring (bicyclic) bond motifs is 5. The maximum absolute atomic E-state index is 6.18. The van der Waals surface area contributed by atoms with E-state index in [-0.39, 0.29) is 0 Å². The van der Waals surface area contributed by atoms with Crippen molar-refractivity contribution in [3.05, 3.63) is 163 Å². The van der Waals surface area contributed by atoms with Gasteiger partial charge < -0.3 is 9.32 Å². The van der Waals surface area contributed by atoms with E-state index in [1.165, 1.54) is 56.8 Å². The summed E-state index contributed by atoms with van der Waals surface area (Å²) >= 11 is 0. The molecule has 0 spiro atoms. The van der Waals surface area contributed by atoms with Gasteiger partial charge in [-0.1, -0.05) is 116 Å². The van der Waals surface area contributed by atoms with Crippen LogP contribution in [0.3, 0.4) is 0 Å². The fourth-order valence-electron chi connectivity index (χ4n) is 6.64. The van der Waals surface area contributed by atoms with E-state index in [4.69, 9.17) is 4.42 Å². The van der Waals surface area contributed by atoms with Crippen LogP contribution in [0, 0.1) is 0 Å². The number of rotatable bonds is 8. The van der Waals surface area contributed by atoms with Crippen LogP contribution in [0.5, 0.6) is 0 Å². The van der Waals surface area contributed by atoms with E-state index in [0.29, 0.717) is 0 Å². The second-order valence-corrected chi connectivity index (χ2v) is 12.0. The van der Waals surface area contributed by atoms with Gasteiger partial charge in [0.05, 0.1) is 0 Å². The van der Waals surface area contributed by atoms with Crippen molar-refractivity contribution in [2.24, 2.45) is 0 Å². The summed E-state index contributed by atoms with van der Waals surface area (Å²) < 4.78 is 6.18. The molecule has 8 aromatic rings. The molecule has 2 nitrogen and oxygen atoms in total. The van der Waals surface area contributed by atoms with Gasteiger partial charge in [0, 0.05) is 27.8 Å². The molecule has 0 bridgehead atoms. The quantitative estimate of drug-likeness (QED) is 0.174. The molecule has 0 N–H and O–H groups in total. The highest BCUT2D eigenvalue weighted by atomic mass is 16.3. The van der Waals surface area contributed by atoms with Crippen LogP contribution in [-0.2, 0) is 6.42 Å². The first-order valence-electron chi connectivity index (χ1n) is 16.2. The average molecular weight is 594 g/mol. The van der Waals surface area contributed by atoms with Crippen molar-refractivity contribution >= 4 is 49.8 Å². The molecule has 0 radical (unpaired) electrons. The molecular formula is C44H35NO. The molecule has 0 amide bonds. The Balaban J connectivity index is 1.14. The predicted molar refractivity (Wildman–Crippen MR) is 195 cm³/mol. The van der Waals surface area contributed by atoms with Crippen molar-refractivity contribution < 1.29 is 4.42 Å². The van der Waals surface area contributed by atoms with E-state index in [1.54, 1.807) is 0 Å². The topological polar surface area (TPSA) is 16.4 Å². The molecule has 0 saturated carbocycles. The normalized spacial score (nSPS) is 11.4. The number of hydrogen-bond acceptors (Lipinski definition) is 2. The summed E-state index contributed by atoms with van der Waals surface area (Å²) in [5, 5.41) is 4.76. The number of aryl methyl sites for hydroxylation is 1. The minimum atomic E-state index is 0.925. The van der Waals surface area contributed by atoms with Crippen molar-refractivity contribution in [2.45, 2.75) is 26.2 Å². The standard InChI is InChI=1S/C44H35NO/c1-2-3-10-31-11-9-12-35(29-31)32-19-24-38(25-20-32)45(37-13-5-4-6-14-37)39-26-21-33(22-27-39)36-18-17-34-23-28-43-44(41(34)30-36)40-15-7-8-16-42(40)46-43/h4-9,11-30H,2-3,10H2,1H3. The molecule has 7 aromatic carbocycles. The Morgan fingerprint density at radius 3 is 1.85 bits per heavy atom. The second kappa shape index (κ2) is 12.1. The van der Waals surface area contributed by atoms with Crippen LogP contribution in [-0.4, -0.2) is 0 Å². The van der Waals surface area contributed by atoms with Crippen LogP contribution >= 0.6 is 0 Å². The first-order chi connectivity index (χ1) is 22.7. The summed E-state index contributed by atoms with van der Waals surface area (Å²) in [6.07, 6.45) is 3.56. The monoisotopic (exact) mass is 593 g/mol. The Morgan fingerprint density at radius 1 is 0.478 bits per heavy atom. The smallest absolute Gasteiger partial charge is 0.136 e. The molecule has 0 aliphatic rings. The highest BCUT2D eigenvalue weighted by molar-refractivity contribution is 6.19. The maximum Gasteiger partial charge on any atom is 0.136 e. The molecule has 2 heteroatoms. The van der Waals surface area contributed by atoms with E-state index in [2.05, 4.69) is 157 Å². The van der Waals surface area contributed by atoms with Gasteiger partial charge in [-0.3, -0.25) is 0 Å². The maximum atomic E-state index is 6.18. The molecule has 0 aliphatic carbocycles. The summed E-state index contributed by atoms with van der Waals surface area (Å²) in [6, 6.07) is 56.7. The minimum Gasteiger partial charge on any atom is -0.456 e. The Kier molecular flexibility index (Phi) is 7.32. The van der Waals surface area contributed by atoms with Crippen LogP contribution in [0.1, 0.15) is 25.3 Å². The molecule has 1 heterocycles. The molecule has 8 rings (SSSR count). The third-order valence-electron chi connectivity index (χ3n) is 9.04. The Labute approximate surface area is 270 Å². The van der Waals surface area contributed by atoms with E-state index < -0.39 is 0 Å². The lowest BCUT2D eigenvalue weighted by Gasteiger charge is -2.26. The van der Waals surface area contributed by atoms with Crippen LogP contribution in [0.15, 0.2) is 162 Å². The molecule has 1 aromatic heterocycles.